The van der Waals surface area contributed by atoms with Gasteiger partial charge in [0.1, 0.15) is 17.7 Å². The Hall–Kier alpha value is -2.08. The van der Waals surface area contributed by atoms with Crippen molar-refractivity contribution in [2.45, 2.75) is 17.3 Å². The molecule has 3 heterocycles. The molecule has 1 aromatic carbocycles. The van der Waals surface area contributed by atoms with Gasteiger partial charge in [-0.2, -0.15) is 0 Å². The van der Waals surface area contributed by atoms with Crippen LogP contribution in [-0.4, -0.2) is 45.5 Å². The number of thioether (sulfide) groups is 1. The van der Waals surface area contributed by atoms with Crippen LogP contribution in [0.5, 0.6) is 5.75 Å². The van der Waals surface area contributed by atoms with E-state index in [0.717, 1.165) is 17.9 Å². The molecule has 4 nitrogen and oxygen atoms in total. The number of pyridine rings is 1. The zero-order chi connectivity index (χ0) is 16.6. The highest BCUT2D eigenvalue weighted by molar-refractivity contribution is 8.01. The number of benzene rings is 1. The largest absolute Gasteiger partial charge is 0.488 e. The van der Waals surface area contributed by atoms with E-state index in [1.54, 1.807) is 29.4 Å². The van der Waals surface area contributed by atoms with E-state index in [9.17, 15) is 9.18 Å². The number of amides is 1. The summed E-state index contributed by atoms with van der Waals surface area (Å²) in [6.07, 6.45) is 4.50. The lowest BCUT2D eigenvalue weighted by molar-refractivity contribution is 0.0517. The van der Waals surface area contributed by atoms with Crippen molar-refractivity contribution in [1.82, 2.24) is 9.88 Å². The molecule has 2 saturated heterocycles. The van der Waals surface area contributed by atoms with E-state index in [-0.39, 0.29) is 22.6 Å². The van der Waals surface area contributed by atoms with E-state index in [1.807, 2.05) is 23.9 Å². The lowest BCUT2D eigenvalue weighted by Gasteiger charge is -2.47. The molecule has 1 aromatic heterocycles. The average Bonchev–Trinajstić information content (AvgIpc) is 2.98. The van der Waals surface area contributed by atoms with E-state index in [4.69, 9.17) is 4.74 Å². The second-order valence-corrected chi connectivity index (χ2v) is 7.79. The normalized spacial score (nSPS) is 21.5. The molecule has 24 heavy (non-hydrogen) atoms. The van der Waals surface area contributed by atoms with E-state index >= 15 is 0 Å². The van der Waals surface area contributed by atoms with Crippen LogP contribution < -0.4 is 4.74 Å². The zero-order valence-corrected chi connectivity index (χ0v) is 13.8. The molecule has 2 aliphatic heterocycles. The fourth-order valence-corrected chi connectivity index (χ4v) is 4.83. The van der Waals surface area contributed by atoms with Gasteiger partial charge in [-0.3, -0.25) is 9.78 Å². The van der Waals surface area contributed by atoms with Gasteiger partial charge in [0.05, 0.1) is 10.9 Å². The molecule has 1 atom stereocenters. The summed E-state index contributed by atoms with van der Waals surface area (Å²) in [5.41, 5.74) is 0.413. The molecule has 0 aliphatic carbocycles. The number of halogens is 1. The third-order valence-corrected chi connectivity index (χ3v) is 6.00. The maximum Gasteiger partial charge on any atom is 0.254 e. The van der Waals surface area contributed by atoms with Gasteiger partial charge in [-0.1, -0.05) is 6.07 Å². The Balaban J connectivity index is 1.34. The van der Waals surface area contributed by atoms with Crippen LogP contribution >= 0.6 is 11.8 Å². The van der Waals surface area contributed by atoms with Crippen LogP contribution in [0.4, 0.5) is 4.39 Å². The van der Waals surface area contributed by atoms with Crippen LogP contribution in [0, 0.1) is 5.82 Å². The molecular formula is C18H17FN2O2S. The standard InChI is InChI=1S/C18H17FN2O2S/c19-14-4-1-3-13(7-14)17(22)21-11-18(12-21)8-16(10-24-18)23-15-5-2-6-20-9-15/h1-7,9,16H,8,10-12H2/t16-/m0/s1. The van der Waals surface area contributed by atoms with Crippen LogP contribution in [0.2, 0.25) is 0 Å². The molecule has 2 aliphatic rings. The number of likely N-dealkylation sites (tertiary alicyclic amines) is 1. The summed E-state index contributed by atoms with van der Waals surface area (Å²) in [4.78, 5) is 18.2. The number of rotatable bonds is 3. The number of nitrogens with zero attached hydrogens (tertiary/aromatic N) is 2. The van der Waals surface area contributed by atoms with Crippen molar-refractivity contribution in [3.63, 3.8) is 0 Å². The van der Waals surface area contributed by atoms with Gasteiger partial charge in [-0.05, 0) is 30.3 Å². The summed E-state index contributed by atoms with van der Waals surface area (Å²) >= 11 is 1.86. The van der Waals surface area contributed by atoms with Crippen molar-refractivity contribution >= 4 is 17.7 Å². The van der Waals surface area contributed by atoms with Gasteiger partial charge in [0.2, 0.25) is 0 Å². The molecule has 1 amide bonds. The number of hydrogen-bond donors (Lipinski definition) is 0. The Morgan fingerprint density at radius 2 is 2.21 bits per heavy atom. The van der Waals surface area contributed by atoms with Crippen LogP contribution in [0.3, 0.4) is 0 Å². The zero-order valence-electron chi connectivity index (χ0n) is 13.0. The first-order valence-electron chi connectivity index (χ1n) is 7.89. The van der Waals surface area contributed by atoms with Crippen molar-refractivity contribution in [3.05, 3.63) is 60.2 Å². The topological polar surface area (TPSA) is 42.4 Å². The molecule has 0 unspecified atom stereocenters. The lowest BCUT2D eigenvalue weighted by Crippen LogP contribution is -2.60. The molecule has 0 saturated carbocycles. The lowest BCUT2D eigenvalue weighted by atomic mass is 9.92. The van der Waals surface area contributed by atoms with Gasteiger partial charge in [0, 0.05) is 37.0 Å². The molecular weight excluding hydrogens is 327 g/mol. The van der Waals surface area contributed by atoms with E-state index in [1.165, 1.54) is 12.1 Å². The highest BCUT2D eigenvalue weighted by Gasteiger charge is 2.51. The second-order valence-electron chi connectivity index (χ2n) is 6.30. The monoisotopic (exact) mass is 344 g/mol. The van der Waals surface area contributed by atoms with Crippen molar-refractivity contribution in [2.75, 3.05) is 18.8 Å². The molecule has 0 radical (unpaired) electrons. The van der Waals surface area contributed by atoms with Gasteiger partial charge in [0.25, 0.3) is 5.91 Å². The first kappa shape index (κ1) is 15.4. The molecule has 2 aromatic rings. The van der Waals surface area contributed by atoms with E-state index in [2.05, 4.69) is 4.98 Å². The predicted molar refractivity (Wildman–Crippen MR) is 90.8 cm³/mol. The highest BCUT2D eigenvalue weighted by Crippen LogP contribution is 2.46. The van der Waals surface area contributed by atoms with Gasteiger partial charge in [-0.15, -0.1) is 11.8 Å². The van der Waals surface area contributed by atoms with Crippen LogP contribution in [0.15, 0.2) is 48.8 Å². The molecule has 0 N–H and O–H groups in total. The minimum absolute atomic E-state index is 0.0792. The quantitative estimate of drug-likeness (QED) is 0.858. The Kier molecular flexibility index (Phi) is 3.92. The van der Waals surface area contributed by atoms with Crippen LogP contribution in [-0.2, 0) is 0 Å². The SMILES string of the molecule is O=C(c1cccc(F)c1)N1CC2(C[C@H](Oc3cccnc3)CS2)C1. The number of hydrogen-bond acceptors (Lipinski definition) is 4. The van der Waals surface area contributed by atoms with Crippen LogP contribution in [0.1, 0.15) is 16.8 Å². The van der Waals surface area contributed by atoms with Crippen molar-refractivity contribution < 1.29 is 13.9 Å². The molecule has 4 rings (SSSR count). The summed E-state index contributed by atoms with van der Waals surface area (Å²) in [5.74, 6) is 1.22. The van der Waals surface area contributed by atoms with E-state index < -0.39 is 0 Å². The number of carbonyl (C=O) groups excluding carboxylic acids is 1. The molecule has 124 valence electrons. The maximum absolute atomic E-state index is 13.3. The first-order chi connectivity index (χ1) is 11.6. The Labute approximate surface area is 144 Å². The van der Waals surface area contributed by atoms with Gasteiger partial charge >= 0.3 is 0 Å². The Bertz CT molecular complexity index is 750. The summed E-state index contributed by atoms with van der Waals surface area (Å²) in [6.45, 7) is 1.39. The minimum atomic E-state index is -0.378. The van der Waals surface area contributed by atoms with Crippen LogP contribution in [0.25, 0.3) is 0 Å². The Morgan fingerprint density at radius 3 is 2.96 bits per heavy atom. The average molecular weight is 344 g/mol. The van der Waals surface area contributed by atoms with Gasteiger partial charge in [-0.25, -0.2) is 4.39 Å². The highest BCUT2D eigenvalue weighted by atomic mass is 32.2. The van der Waals surface area contributed by atoms with E-state index in [0.29, 0.717) is 18.7 Å². The predicted octanol–water partition coefficient (Wildman–Crippen LogP) is 3.00. The number of carbonyl (C=O) groups is 1. The van der Waals surface area contributed by atoms with Crippen molar-refractivity contribution in [1.29, 1.82) is 0 Å². The minimum Gasteiger partial charge on any atom is -0.488 e. The smallest absolute Gasteiger partial charge is 0.254 e. The molecule has 1 spiro atoms. The van der Waals surface area contributed by atoms with Gasteiger partial charge in [0.15, 0.2) is 0 Å². The molecule has 6 heteroatoms. The van der Waals surface area contributed by atoms with Gasteiger partial charge < -0.3 is 9.64 Å². The summed E-state index contributed by atoms with van der Waals surface area (Å²) in [6, 6.07) is 9.64. The maximum atomic E-state index is 13.3. The third kappa shape index (κ3) is 2.98. The number of ether oxygens (including phenoxy) is 1. The molecule has 0 bridgehead atoms. The summed E-state index contributed by atoms with van der Waals surface area (Å²) in [5, 5.41) is 0. The summed E-state index contributed by atoms with van der Waals surface area (Å²) < 4.78 is 19.3. The first-order valence-corrected chi connectivity index (χ1v) is 8.88. The third-order valence-electron chi connectivity index (χ3n) is 4.43. The molecule has 2 fully saturated rings. The van der Waals surface area contributed by atoms with Crippen molar-refractivity contribution in [2.24, 2.45) is 0 Å². The van der Waals surface area contributed by atoms with Crippen molar-refractivity contribution in [3.8, 4) is 5.75 Å². The summed E-state index contributed by atoms with van der Waals surface area (Å²) in [7, 11) is 0. The fourth-order valence-electron chi connectivity index (χ4n) is 3.30. The fraction of sp³-hybridized carbons (Fsp3) is 0.333. The number of aromatic nitrogens is 1. The second kappa shape index (κ2) is 6.09. The Morgan fingerprint density at radius 1 is 1.33 bits per heavy atom.